The van der Waals surface area contributed by atoms with Gasteiger partial charge in [-0.1, -0.05) is 148 Å². The Hall–Kier alpha value is -8.68. The minimum Gasteiger partial charge on any atom is -0.493 e. The number of benzene rings is 4. The number of amides is 3. The number of hydrazone groups is 1. The molecule has 2 saturated heterocycles. The number of carboxylic acid groups (broad SMARTS) is 1. The monoisotopic (exact) mass is 1520 g/mol. The molecule has 0 radical (unpaired) electrons. The molecule has 21 N–H and O–H groups in total. The van der Waals surface area contributed by atoms with Crippen molar-refractivity contribution in [2.45, 2.75) is 127 Å². The standard InChI is InChI=1S/C19H20N2O3S.C19H27NO3.C16H17N3.C10H15N5.C8H17NO5.CH6N4.3ClH/c1-2-13-3-6-15(20-12-13)9-10-24-16-7-4-14(5-8-16)11-17-18(22)21-19(23)25-17;1-13(2)15-8-10-16(11-9-15)18(21)20-17(19(22)23)12-14-6-4-3-5-7-14;1-2-6-13(7-3-1)14(12-16-18-10-11-19-16)15-8-4-5-9-17-15;11-9(12)15-10(13)14-7-6-8-4-2-1-3-5-8;10-2-1-9-3-6(12)8(14)7(13)5(9)4-11;2-1(3)5-4;;;/h3-8,12,17H,2,9-11H2,1H3,(H,21,22,23);3-7,13,15-17H,8-12H2,1-2H3,(H,20,21)(H,22,23);1-9,14H,10-12H2,(H,18,19);1-5H,6-7H2,(H6,11,12,13,14,15);5-8,10-14H,1-4H2;4H2,(H4,2,3,5);3*1H/t;15?,16?,17-;;;5-,6+,7-,8-;;;;/m.1..1..../s1. The molecule has 2 aromatic heterocycles. The van der Waals surface area contributed by atoms with Crippen LogP contribution in [0.3, 0.4) is 0 Å². The van der Waals surface area contributed by atoms with E-state index >= 15 is 0 Å². The van der Waals surface area contributed by atoms with Crippen molar-refractivity contribution in [3.63, 3.8) is 0 Å². The van der Waals surface area contributed by atoms with Gasteiger partial charge in [-0.2, -0.15) is 4.99 Å². The van der Waals surface area contributed by atoms with Gasteiger partial charge in [-0.15, -0.1) is 42.3 Å². The zero-order chi connectivity index (χ0) is 73.5. The highest BCUT2D eigenvalue weighted by atomic mass is 35.5. The van der Waals surface area contributed by atoms with E-state index in [9.17, 15) is 39.6 Å². The average molecular weight is 1520 g/mol. The number of thioether (sulfide) groups is 1. The Morgan fingerprint density at radius 2 is 1.36 bits per heavy atom. The molecular weight excluding hydrogens is 1420 g/mol. The lowest BCUT2D eigenvalue weighted by atomic mass is 9.76. The number of aliphatic imine (C=N–C) groups is 3. The molecule has 7 atom stereocenters. The second-order valence-electron chi connectivity index (χ2n) is 24.5. The fourth-order valence-corrected chi connectivity index (χ4v) is 12.1. The van der Waals surface area contributed by atoms with Gasteiger partial charge in [0.2, 0.25) is 23.7 Å². The SMILES string of the molecule is CC(C)C1CCC(C(=O)N[C@H](Cc2ccccc2)C(=O)O)CC1.CCc1ccc(CCOc2ccc(CC3SC(=O)NC3=O)cc2)nc1.Cl.Cl.Cl.NC(N)=NC(N)=NCCc1ccccc1.NN=C(N)N.OCCN1C[C@H](O)[C@@H](O)[C@H](O)[C@H]1CO.c1ccc(C(CC2=NCCN2)c2ccccn2)cc1. The summed E-state index contributed by atoms with van der Waals surface area (Å²) in [6.45, 7) is 9.51. The molecule has 2 unspecified atom stereocenters. The Balaban J connectivity index is 0.000000437. The normalized spacial score (nSPS) is 19.2. The Labute approximate surface area is 632 Å². The number of amidine groups is 1. The van der Waals surface area contributed by atoms with E-state index in [-0.39, 0.29) is 116 Å². The first-order chi connectivity index (χ1) is 48.6. The van der Waals surface area contributed by atoms with Crippen LogP contribution in [0.1, 0.15) is 98.0 Å². The average Bonchev–Trinajstić information content (AvgIpc) is 0.927. The lowest BCUT2D eigenvalue weighted by molar-refractivity contribution is -0.146. The highest BCUT2D eigenvalue weighted by Gasteiger charge is 2.41. The number of β-amino-alcohol motifs (C(OH)–C–C–N with tert-alkyl or cyclic N) is 2. The highest BCUT2D eigenvalue weighted by Crippen LogP contribution is 2.34. The smallest absolute Gasteiger partial charge is 0.326 e. The van der Waals surface area contributed by atoms with Gasteiger partial charge in [-0.25, -0.2) is 4.79 Å². The summed E-state index contributed by atoms with van der Waals surface area (Å²) in [5.41, 5.74) is 32.9. The number of hydrogen-bond acceptors (Lipinski definition) is 19. The summed E-state index contributed by atoms with van der Waals surface area (Å²) in [6, 6.07) is 46.3. The number of rotatable bonds is 23. The van der Waals surface area contributed by atoms with Crippen LogP contribution in [-0.4, -0.2) is 180 Å². The molecule has 6 aromatic rings. The Morgan fingerprint density at radius 3 is 1.87 bits per heavy atom. The first-order valence-electron chi connectivity index (χ1n) is 33.8. The Morgan fingerprint density at radius 1 is 0.740 bits per heavy atom. The zero-order valence-corrected chi connectivity index (χ0v) is 62.2. The number of nitrogens with zero attached hydrogens (tertiary/aromatic N) is 7. The maximum Gasteiger partial charge on any atom is 0.326 e. The highest BCUT2D eigenvalue weighted by molar-refractivity contribution is 8.15. The lowest BCUT2D eigenvalue weighted by Crippen LogP contribution is -2.62. The van der Waals surface area contributed by atoms with E-state index in [1.54, 1.807) is 4.90 Å². The summed E-state index contributed by atoms with van der Waals surface area (Å²) in [6.07, 6.45) is 8.48. The third-order valence-corrected chi connectivity index (χ3v) is 17.9. The van der Waals surface area contributed by atoms with Crippen LogP contribution in [0, 0.1) is 17.8 Å². The number of halogens is 3. The summed E-state index contributed by atoms with van der Waals surface area (Å²) in [7, 11) is 0. The molecule has 3 amide bonds. The second kappa shape index (κ2) is 50.7. The number of aliphatic carboxylic acids is 1. The second-order valence-corrected chi connectivity index (χ2v) is 25.7. The van der Waals surface area contributed by atoms with Gasteiger partial charge in [-0.05, 0) is 115 Å². The number of aromatic nitrogens is 2. The minimum absolute atomic E-state index is 0. The molecule has 1 aliphatic carbocycles. The van der Waals surface area contributed by atoms with Crippen molar-refractivity contribution in [3.05, 3.63) is 197 Å². The molecule has 570 valence electrons. The molecule has 27 nitrogen and oxygen atoms in total. The number of carbonyl (C=O) groups is 4. The van der Waals surface area contributed by atoms with Gasteiger partial charge in [0.15, 0.2) is 5.96 Å². The van der Waals surface area contributed by atoms with Crippen LogP contribution in [0.5, 0.6) is 5.75 Å². The number of ether oxygens (including phenoxy) is 1. The molecular formula is C73H105Cl3N16O11S. The van der Waals surface area contributed by atoms with Crippen LogP contribution in [-0.2, 0) is 46.5 Å². The number of hydrogen-bond donors (Lipinski definition) is 15. The van der Waals surface area contributed by atoms with Crippen molar-refractivity contribution in [1.82, 2.24) is 30.8 Å². The van der Waals surface area contributed by atoms with Crippen molar-refractivity contribution >= 4 is 95.7 Å². The molecule has 3 fully saturated rings. The number of likely N-dealkylation sites (tertiary alicyclic amines) is 1. The predicted octanol–water partition coefficient (Wildman–Crippen LogP) is 4.98. The van der Waals surface area contributed by atoms with Crippen LogP contribution >= 0.6 is 49.0 Å². The zero-order valence-electron chi connectivity index (χ0n) is 59.0. The summed E-state index contributed by atoms with van der Waals surface area (Å²) < 4.78 is 5.75. The molecule has 104 heavy (non-hydrogen) atoms. The van der Waals surface area contributed by atoms with Crippen molar-refractivity contribution in [2.75, 3.05) is 52.5 Å². The Kier molecular flexibility index (Phi) is 44.5. The molecule has 4 aliphatic rings. The van der Waals surface area contributed by atoms with Crippen molar-refractivity contribution in [1.29, 1.82) is 0 Å². The van der Waals surface area contributed by atoms with Crippen molar-refractivity contribution < 1.29 is 54.6 Å². The number of aryl methyl sites for hydroxylation is 1. The van der Waals surface area contributed by atoms with Crippen LogP contribution < -0.4 is 55.2 Å². The fraction of sp³-hybridized carbons (Fsp3) is 0.425. The molecule has 31 heteroatoms. The Bertz CT molecular complexity index is 3480. The van der Waals surface area contributed by atoms with Gasteiger partial charge < -0.3 is 80.5 Å². The number of nitrogens with one attached hydrogen (secondary N) is 3. The number of guanidine groups is 3. The van der Waals surface area contributed by atoms with Crippen molar-refractivity contribution in [2.24, 2.45) is 72.3 Å². The van der Waals surface area contributed by atoms with E-state index in [1.807, 2.05) is 122 Å². The number of aliphatic hydroxyl groups is 5. The summed E-state index contributed by atoms with van der Waals surface area (Å²) in [5, 5.41) is 65.9. The van der Waals surface area contributed by atoms with Gasteiger partial charge in [0, 0.05) is 81.1 Å². The van der Waals surface area contributed by atoms with E-state index < -0.39 is 36.4 Å². The fourth-order valence-electron chi connectivity index (χ4n) is 11.2. The number of carbonyl (C=O) groups excluding carboxylic acids is 3. The summed E-state index contributed by atoms with van der Waals surface area (Å²) >= 11 is 1.05. The van der Waals surface area contributed by atoms with Crippen LogP contribution in [0.4, 0.5) is 4.79 Å². The molecule has 5 heterocycles. The lowest BCUT2D eigenvalue weighted by Gasteiger charge is -2.42. The van der Waals surface area contributed by atoms with Crippen molar-refractivity contribution in [3.8, 4) is 5.75 Å². The van der Waals surface area contributed by atoms with Crippen LogP contribution in [0.2, 0.25) is 0 Å². The predicted molar refractivity (Wildman–Crippen MR) is 417 cm³/mol. The number of carboxylic acids is 1. The van der Waals surface area contributed by atoms with Gasteiger partial charge in [0.25, 0.3) is 5.24 Å². The molecule has 1 saturated carbocycles. The van der Waals surface area contributed by atoms with Gasteiger partial charge in [0.05, 0.1) is 49.6 Å². The number of aliphatic hydroxyl groups excluding tert-OH is 5. The summed E-state index contributed by atoms with van der Waals surface area (Å²) in [4.78, 5) is 69.2. The van der Waals surface area contributed by atoms with E-state index in [1.165, 1.54) is 16.7 Å². The number of pyridine rings is 2. The van der Waals surface area contributed by atoms with Gasteiger partial charge in [-0.3, -0.25) is 44.6 Å². The van der Waals surface area contributed by atoms with E-state index in [2.05, 4.69) is 109 Å². The maximum absolute atomic E-state index is 12.4. The molecule has 10 rings (SSSR count). The number of piperidine rings is 1. The van der Waals surface area contributed by atoms with E-state index in [0.29, 0.717) is 37.8 Å². The van der Waals surface area contributed by atoms with Crippen LogP contribution in [0.25, 0.3) is 0 Å². The minimum atomic E-state index is -1.23. The topological polar surface area (TPSA) is 470 Å². The molecule has 4 aromatic carbocycles. The maximum atomic E-state index is 12.4. The molecule has 0 spiro atoms. The third kappa shape index (κ3) is 33.8. The number of imide groups is 1. The largest absolute Gasteiger partial charge is 0.493 e. The summed E-state index contributed by atoms with van der Waals surface area (Å²) in [5.74, 6) is 6.64. The first kappa shape index (κ1) is 91.4. The quantitative estimate of drug-likeness (QED) is 0.0174. The molecule has 3 aliphatic heterocycles. The van der Waals surface area contributed by atoms with Gasteiger partial charge in [0.1, 0.15) is 24.0 Å². The van der Waals surface area contributed by atoms with Crippen LogP contribution in [0.15, 0.2) is 178 Å². The van der Waals surface area contributed by atoms with E-state index in [4.69, 9.17) is 43.6 Å². The van der Waals surface area contributed by atoms with Gasteiger partial charge >= 0.3 is 5.97 Å². The van der Waals surface area contributed by atoms with E-state index in [0.717, 1.165) is 110 Å². The number of nitrogens with two attached hydrogens (primary N) is 6. The molecule has 0 bridgehead atoms. The third-order valence-electron chi connectivity index (χ3n) is 16.9. The first-order valence-corrected chi connectivity index (χ1v) is 34.7.